The number of hydrogen-bond donors (Lipinski definition) is 2. The second kappa shape index (κ2) is 7.66. The first-order chi connectivity index (χ1) is 11.0. The molecular weight excluding hydrogens is 324 g/mol. The van der Waals surface area contributed by atoms with Gasteiger partial charge in [-0.15, -0.1) is 0 Å². The van der Waals surface area contributed by atoms with Gasteiger partial charge in [0.25, 0.3) is 5.56 Å². The molecule has 10 nitrogen and oxygen atoms in total. The largest absolute Gasteiger partial charge is 0.548 e. The molecule has 0 aliphatic carbocycles. The third-order valence-electron chi connectivity index (χ3n) is 2.64. The second-order valence-corrected chi connectivity index (χ2v) is 5.78. The van der Waals surface area contributed by atoms with E-state index in [1.54, 1.807) is 27.7 Å². The van der Waals surface area contributed by atoms with Gasteiger partial charge in [-0.3, -0.25) is 4.79 Å². The first-order valence-electron chi connectivity index (χ1n) is 7.13. The number of hydrogen-bond acceptors (Lipinski definition) is 8. The number of aromatic amines is 1. The molecule has 1 atom stereocenters. The summed E-state index contributed by atoms with van der Waals surface area (Å²) in [4.78, 5) is 46.3. The SMILES string of the molecule is CCOC(=O)c1o[nH]c(=O)c1CC(NC(=O)OC(C)(C)C)C(=O)[O-]. The number of aliphatic carboxylic acids is 1. The van der Waals surface area contributed by atoms with Crippen molar-refractivity contribution in [1.82, 2.24) is 10.5 Å². The zero-order valence-electron chi connectivity index (χ0n) is 13.8. The number of esters is 1. The van der Waals surface area contributed by atoms with Crippen LogP contribution in [0.2, 0.25) is 0 Å². The fourth-order valence-corrected chi connectivity index (χ4v) is 1.72. The van der Waals surface area contributed by atoms with Crippen LogP contribution in [-0.2, 0) is 20.7 Å². The summed E-state index contributed by atoms with van der Waals surface area (Å²) in [6.45, 7) is 6.38. The molecule has 0 saturated carbocycles. The van der Waals surface area contributed by atoms with E-state index < -0.39 is 47.4 Å². The summed E-state index contributed by atoms with van der Waals surface area (Å²) in [5, 5.41) is 15.2. The van der Waals surface area contributed by atoms with Gasteiger partial charge < -0.3 is 29.2 Å². The van der Waals surface area contributed by atoms with E-state index in [9.17, 15) is 24.3 Å². The molecule has 0 spiro atoms. The van der Waals surface area contributed by atoms with Gasteiger partial charge in [-0.1, -0.05) is 0 Å². The maximum absolute atomic E-state index is 11.7. The number of carbonyl (C=O) groups excluding carboxylic acids is 3. The Kier molecular flexibility index (Phi) is 6.15. The summed E-state index contributed by atoms with van der Waals surface area (Å²) in [6, 6.07) is -1.60. The van der Waals surface area contributed by atoms with E-state index in [0.717, 1.165) is 0 Å². The number of ether oxygens (including phenoxy) is 2. The summed E-state index contributed by atoms with van der Waals surface area (Å²) >= 11 is 0. The highest BCUT2D eigenvalue weighted by atomic mass is 16.6. The van der Waals surface area contributed by atoms with Gasteiger partial charge >= 0.3 is 12.1 Å². The van der Waals surface area contributed by atoms with Crippen molar-refractivity contribution in [2.24, 2.45) is 0 Å². The number of carboxylic acid groups (broad SMARTS) is 1. The number of amides is 1. The average molecular weight is 343 g/mol. The average Bonchev–Trinajstić information content (AvgIpc) is 2.77. The van der Waals surface area contributed by atoms with Crippen LogP contribution in [0, 0.1) is 0 Å². The van der Waals surface area contributed by atoms with Crippen molar-refractivity contribution in [3.05, 3.63) is 21.7 Å². The molecule has 1 unspecified atom stereocenters. The summed E-state index contributed by atoms with van der Waals surface area (Å²) in [7, 11) is 0. The Morgan fingerprint density at radius 2 is 1.96 bits per heavy atom. The van der Waals surface area contributed by atoms with Gasteiger partial charge in [-0.25, -0.2) is 9.59 Å². The van der Waals surface area contributed by atoms with E-state index in [2.05, 4.69) is 5.32 Å². The monoisotopic (exact) mass is 343 g/mol. The minimum atomic E-state index is -1.66. The van der Waals surface area contributed by atoms with Crippen molar-refractivity contribution >= 4 is 18.0 Å². The number of carboxylic acids is 1. The van der Waals surface area contributed by atoms with E-state index in [0.29, 0.717) is 0 Å². The van der Waals surface area contributed by atoms with E-state index in [1.165, 1.54) is 0 Å². The van der Waals surface area contributed by atoms with Crippen LogP contribution in [0.1, 0.15) is 43.8 Å². The molecule has 0 fully saturated rings. The molecule has 0 aliphatic rings. The highest BCUT2D eigenvalue weighted by Crippen LogP contribution is 2.10. The lowest BCUT2D eigenvalue weighted by atomic mass is 10.1. The lowest BCUT2D eigenvalue weighted by molar-refractivity contribution is -0.308. The molecule has 0 radical (unpaired) electrons. The van der Waals surface area contributed by atoms with Crippen LogP contribution < -0.4 is 16.0 Å². The van der Waals surface area contributed by atoms with Gasteiger partial charge in [-0.05, 0) is 27.7 Å². The van der Waals surface area contributed by atoms with Gasteiger partial charge in [0.1, 0.15) is 5.60 Å². The number of H-pyrrole nitrogens is 1. The Morgan fingerprint density at radius 3 is 2.46 bits per heavy atom. The van der Waals surface area contributed by atoms with Crippen LogP contribution in [0.15, 0.2) is 9.32 Å². The third-order valence-corrected chi connectivity index (χ3v) is 2.64. The van der Waals surface area contributed by atoms with Crippen molar-refractivity contribution in [3.63, 3.8) is 0 Å². The molecule has 24 heavy (non-hydrogen) atoms. The minimum Gasteiger partial charge on any atom is -0.548 e. The zero-order chi connectivity index (χ0) is 18.5. The number of nitrogens with one attached hydrogen (secondary N) is 2. The van der Waals surface area contributed by atoms with Gasteiger partial charge in [0.05, 0.1) is 24.2 Å². The number of rotatable bonds is 6. The van der Waals surface area contributed by atoms with Crippen LogP contribution in [0.4, 0.5) is 4.79 Å². The van der Waals surface area contributed by atoms with E-state index >= 15 is 0 Å². The Bertz CT molecular complexity index is 667. The quantitative estimate of drug-likeness (QED) is 0.645. The first kappa shape index (κ1) is 19.3. The fourth-order valence-electron chi connectivity index (χ4n) is 1.72. The Balaban J connectivity index is 2.96. The molecule has 2 N–H and O–H groups in total. The standard InChI is InChI=1S/C14H20N2O8/c1-5-22-12(20)9-7(10(17)16-24-9)6-8(11(18)19)15-13(21)23-14(2,3)4/h8H,5-6H2,1-4H3,(H,15,21)(H,16,17)(H,18,19)/p-1. The van der Waals surface area contributed by atoms with Crippen molar-refractivity contribution in [3.8, 4) is 0 Å². The molecule has 1 heterocycles. The predicted octanol–water partition coefficient (Wildman–Crippen LogP) is -0.670. The molecule has 1 aromatic rings. The Hall–Kier alpha value is -2.78. The predicted molar refractivity (Wildman–Crippen MR) is 77.2 cm³/mol. The molecule has 0 aromatic carbocycles. The van der Waals surface area contributed by atoms with Crippen LogP contribution in [0.5, 0.6) is 0 Å². The molecule has 0 saturated heterocycles. The van der Waals surface area contributed by atoms with Gasteiger partial charge in [0.2, 0.25) is 5.76 Å². The van der Waals surface area contributed by atoms with Crippen LogP contribution in [0.25, 0.3) is 0 Å². The molecule has 10 heteroatoms. The number of alkyl carbamates (subject to hydrolysis) is 1. The second-order valence-electron chi connectivity index (χ2n) is 5.78. The van der Waals surface area contributed by atoms with Crippen LogP contribution in [0.3, 0.4) is 0 Å². The lowest BCUT2D eigenvalue weighted by Gasteiger charge is -2.23. The van der Waals surface area contributed by atoms with E-state index in [4.69, 9.17) is 14.0 Å². The van der Waals surface area contributed by atoms with Gasteiger partial charge in [-0.2, -0.15) is 5.16 Å². The summed E-state index contributed by atoms with van der Waals surface area (Å²) in [5.74, 6) is -3.05. The van der Waals surface area contributed by atoms with Crippen LogP contribution >= 0.6 is 0 Å². The smallest absolute Gasteiger partial charge is 0.408 e. The molecular formula is C14H19N2O8-. The zero-order valence-corrected chi connectivity index (χ0v) is 13.8. The normalized spacial score (nSPS) is 12.3. The molecule has 1 rings (SSSR count). The Labute approximate surface area is 137 Å². The molecule has 0 bridgehead atoms. The van der Waals surface area contributed by atoms with Crippen molar-refractivity contribution in [1.29, 1.82) is 0 Å². The topological polar surface area (TPSA) is 151 Å². The summed E-state index contributed by atoms with van der Waals surface area (Å²) in [5.41, 5.74) is -1.93. The maximum Gasteiger partial charge on any atom is 0.408 e. The van der Waals surface area contributed by atoms with E-state index in [1.807, 2.05) is 5.16 Å². The number of carbonyl (C=O) groups is 3. The number of aromatic nitrogens is 1. The highest BCUT2D eigenvalue weighted by molar-refractivity contribution is 5.88. The Morgan fingerprint density at radius 1 is 1.33 bits per heavy atom. The van der Waals surface area contributed by atoms with Gasteiger partial charge in [0.15, 0.2) is 0 Å². The van der Waals surface area contributed by atoms with Crippen molar-refractivity contribution < 1.29 is 33.5 Å². The van der Waals surface area contributed by atoms with Gasteiger partial charge in [0, 0.05) is 6.42 Å². The van der Waals surface area contributed by atoms with E-state index in [-0.39, 0.29) is 12.2 Å². The van der Waals surface area contributed by atoms with Crippen molar-refractivity contribution in [2.45, 2.75) is 45.8 Å². The molecule has 1 aromatic heterocycles. The summed E-state index contributed by atoms with van der Waals surface area (Å²) < 4.78 is 14.4. The highest BCUT2D eigenvalue weighted by Gasteiger charge is 2.27. The van der Waals surface area contributed by atoms with Crippen molar-refractivity contribution in [2.75, 3.05) is 6.61 Å². The lowest BCUT2D eigenvalue weighted by Crippen LogP contribution is -2.50. The third kappa shape index (κ3) is 5.45. The maximum atomic E-state index is 11.7. The molecule has 134 valence electrons. The summed E-state index contributed by atoms with van der Waals surface area (Å²) in [6.07, 6.45) is -1.55. The molecule has 1 amide bonds. The molecule has 0 aliphatic heterocycles. The minimum absolute atomic E-state index is 0.0350. The first-order valence-corrected chi connectivity index (χ1v) is 7.13. The van der Waals surface area contributed by atoms with Crippen LogP contribution in [-0.4, -0.2) is 41.4 Å². The fraction of sp³-hybridized carbons (Fsp3) is 0.571.